The predicted molar refractivity (Wildman–Crippen MR) is 109 cm³/mol. The standard InChI is InChI=1S/C23H23NO2/c1-25-22-14-20(15-23(16-22)26-2)9-8-18-10-12-21(13-11-18)24-17-19-6-4-3-5-7-19/h3-16,24H,17H2,1-2H3/b9-8+. The Morgan fingerprint density at radius 2 is 1.35 bits per heavy atom. The minimum atomic E-state index is 0.782. The number of anilines is 1. The SMILES string of the molecule is COc1cc(/C=C/c2ccc(NCc3ccccc3)cc2)cc(OC)c1. The van der Waals surface area contributed by atoms with Crippen LogP contribution >= 0.6 is 0 Å². The van der Waals surface area contributed by atoms with E-state index in [1.807, 2.05) is 24.3 Å². The molecule has 0 radical (unpaired) electrons. The van der Waals surface area contributed by atoms with Crippen LogP contribution in [0.25, 0.3) is 12.2 Å². The van der Waals surface area contributed by atoms with Gasteiger partial charge in [-0.2, -0.15) is 0 Å². The number of ether oxygens (including phenoxy) is 2. The lowest BCUT2D eigenvalue weighted by Crippen LogP contribution is -1.98. The summed E-state index contributed by atoms with van der Waals surface area (Å²) < 4.78 is 10.6. The molecule has 3 nitrogen and oxygen atoms in total. The first-order valence-corrected chi connectivity index (χ1v) is 8.56. The van der Waals surface area contributed by atoms with E-state index in [4.69, 9.17) is 9.47 Å². The van der Waals surface area contributed by atoms with E-state index >= 15 is 0 Å². The van der Waals surface area contributed by atoms with Crippen LogP contribution < -0.4 is 14.8 Å². The van der Waals surface area contributed by atoms with Crippen molar-refractivity contribution in [2.75, 3.05) is 19.5 Å². The van der Waals surface area contributed by atoms with Crippen LogP contribution in [-0.4, -0.2) is 14.2 Å². The van der Waals surface area contributed by atoms with Gasteiger partial charge in [0.2, 0.25) is 0 Å². The van der Waals surface area contributed by atoms with Gasteiger partial charge in [0.05, 0.1) is 14.2 Å². The third-order valence-corrected chi connectivity index (χ3v) is 4.09. The Morgan fingerprint density at radius 3 is 1.96 bits per heavy atom. The van der Waals surface area contributed by atoms with E-state index in [1.165, 1.54) is 5.56 Å². The summed E-state index contributed by atoms with van der Waals surface area (Å²) in [5.41, 5.74) is 4.54. The van der Waals surface area contributed by atoms with Crippen molar-refractivity contribution in [3.05, 3.63) is 89.5 Å². The topological polar surface area (TPSA) is 30.5 Å². The number of nitrogens with one attached hydrogen (secondary N) is 1. The van der Waals surface area contributed by atoms with E-state index in [0.717, 1.165) is 34.9 Å². The monoisotopic (exact) mass is 345 g/mol. The maximum absolute atomic E-state index is 5.31. The van der Waals surface area contributed by atoms with Gasteiger partial charge in [0.15, 0.2) is 0 Å². The highest BCUT2D eigenvalue weighted by atomic mass is 16.5. The summed E-state index contributed by atoms with van der Waals surface area (Å²) >= 11 is 0. The van der Waals surface area contributed by atoms with Crippen LogP contribution in [0.15, 0.2) is 72.8 Å². The van der Waals surface area contributed by atoms with E-state index in [1.54, 1.807) is 14.2 Å². The molecule has 3 aromatic rings. The molecule has 0 aliphatic carbocycles. The zero-order valence-corrected chi connectivity index (χ0v) is 15.1. The molecule has 0 aromatic heterocycles. The van der Waals surface area contributed by atoms with E-state index < -0.39 is 0 Å². The predicted octanol–water partition coefficient (Wildman–Crippen LogP) is 5.49. The van der Waals surface area contributed by atoms with Crippen LogP contribution in [0.2, 0.25) is 0 Å². The van der Waals surface area contributed by atoms with E-state index in [2.05, 4.69) is 66.0 Å². The fourth-order valence-corrected chi connectivity index (χ4v) is 2.63. The van der Waals surface area contributed by atoms with Gasteiger partial charge in [0.1, 0.15) is 11.5 Å². The van der Waals surface area contributed by atoms with Gasteiger partial charge in [0.25, 0.3) is 0 Å². The van der Waals surface area contributed by atoms with E-state index in [-0.39, 0.29) is 0 Å². The van der Waals surface area contributed by atoms with Gasteiger partial charge in [-0.15, -0.1) is 0 Å². The molecular weight excluding hydrogens is 322 g/mol. The largest absolute Gasteiger partial charge is 0.497 e. The molecule has 0 unspecified atom stereocenters. The molecule has 0 saturated heterocycles. The summed E-state index contributed by atoms with van der Waals surface area (Å²) in [4.78, 5) is 0. The molecular formula is C23H23NO2. The summed E-state index contributed by atoms with van der Waals surface area (Å²) in [6.07, 6.45) is 4.13. The Hall–Kier alpha value is -3.20. The third kappa shape index (κ3) is 4.90. The minimum absolute atomic E-state index is 0.782. The van der Waals surface area contributed by atoms with Gasteiger partial charge in [-0.3, -0.25) is 0 Å². The Kier molecular flexibility index (Phi) is 5.94. The zero-order valence-electron chi connectivity index (χ0n) is 15.1. The number of hydrogen-bond acceptors (Lipinski definition) is 3. The van der Waals surface area contributed by atoms with E-state index in [0.29, 0.717) is 0 Å². The fraction of sp³-hybridized carbons (Fsp3) is 0.130. The summed E-state index contributed by atoms with van der Waals surface area (Å²) in [6, 6.07) is 24.6. The molecule has 0 fully saturated rings. The van der Waals surface area contributed by atoms with Crippen LogP contribution in [0.4, 0.5) is 5.69 Å². The maximum atomic E-state index is 5.31. The average molecular weight is 345 g/mol. The van der Waals surface area contributed by atoms with Crippen molar-refractivity contribution in [3.8, 4) is 11.5 Å². The molecule has 0 saturated carbocycles. The lowest BCUT2D eigenvalue weighted by Gasteiger charge is -2.07. The highest BCUT2D eigenvalue weighted by molar-refractivity contribution is 5.71. The Morgan fingerprint density at radius 1 is 0.731 bits per heavy atom. The van der Waals surface area contributed by atoms with Crippen LogP contribution in [0.3, 0.4) is 0 Å². The summed E-state index contributed by atoms with van der Waals surface area (Å²) in [5, 5.41) is 3.43. The van der Waals surface area contributed by atoms with Crippen LogP contribution in [0.1, 0.15) is 16.7 Å². The molecule has 0 spiro atoms. The van der Waals surface area contributed by atoms with E-state index in [9.17, 15) is 0 Å². The van der Waals surface area contributed by atoms with Crippen molar-refractivity contribution in [1.29, 1.82) is 0 Å². The number of benzene rings is 3. The quantitative estimate of drug-likeness (QED) is 0.575. The van der Waals surface area contributed by atoms with Crippen molar-refractivity contribution in [3.63, 3.8) is 0 Å². The lowest BCUT2D eigenvalue weighted by molar-refractivity contribution is 0.394. The zero-order chi connectivity index (χ0) is 18.2. The molecule has 0 heterocycles. The normalized spacial score (nSPS) is 10.7. The summed E-state index contributed by atoms with van der Waals surface area (Å²) in [6.45, 7) is 0.819. The first-order chi connectivity index (χ1) is 12.8. The van der Waals surface area contributed by atoms with Gasteiger partial charge in [0, 0.05) is 18.3 Å². The van der Waals surface area contributed by atoms with Crippen molar-refractivity contribution in [2.24, 2.45) is 0 Å². The number of hydrogen-bond donors (Lipinski definition) is 1. The fourth-order valence-electron chi connectivity index (χ4n) is 2.63. The second-order valence-corrected chi connectivity index (χ2v) is 5.94. The third-order valence-electron chi connectivity index (χ3n) is 4.09. The first-order valence-electron chi connectivity index (χ1n) is 8.56. The average Bonchev–Trinajstić information content (AvgIpc) is 2.72. The molecule has 132 valence electrons. The molecule has 0 aliphatic rings. The highest BCUT2D eigenvalue weighted by Crippen LogP contribution is 2.24. The van der Waals surface area contributed by atoms with Crippen molar-refractivity contribution in [1.82, 2.24) is 0 Å². The van der Waals surface area contributed by atoms with Crippen molar-refractivity contribution in [2.45, 2.75) is 6.54 Å². The molecule has 3 rings (SSSR count). The van der Waals surface area contributed by atoms with Crippen LogP contribution in [0, 0.1) is 0 Å². The van der Waals surface area contributed by atoms with Crippen LogP contribution in [-0.2, 0) is 6.54 Å². The number of methoxy groups -OCH3 is 2. The lowest BCUT2D eigenvalue weighted by atomic mass is 10.1. The van der Waals surface area contributed by atoms with Crippen molar-refractivity contribution >= 4 is 17.8 Å². The molecule has 26 heavy (non-hydrogen) atoms. The number of rotatable bonds is 7. The molecule has 0 atom stereocenters. The molecule has 3 aromatic carbocycles. The second kappa shape index (κ2) is 8.77. The van der Waals surface area contributed by atoms with Gasteiger partial charge < -0.3 is 14.8 Å². The molecule has 0 amide bonds. The van der Waals surface area contributed by atoms with Gasteiger partial charge in [-0.1, -0.05) is 54.6 Å². The molecule has 3 heteroatoms. The summed E-state index contributed by atoms with van der Waals surface area (Å²) in [5.74, 6) is 1.56. The molecule has 0 bridgehead atoms. The van der Waals surface area contributed by atoms with Crippen LogP contribution in [0.5, 0.6) is 11.5 Å². The smallest absolute Gasteiger partial charge is 0.123 e. The van der Waals surface area contributed by atoms with Gasteiger partial charge in [-0.25, -0.2) is 0 Å². The molecule has 0 aliphatic heterocycles. The Labute approximate surface area is 154 Å². The van der Waals surface area contributed by atoms with Gasteiger partial charge in [-0.05, 0) is 41.0 Å². The minimum Gasteiger partial charge on any atom is -0.497 e. The van der Waals surface area contributed by atoms with Crippen molar-refractivity contribution < 1.29 is 9.47 Å². The maximum Gasteiger partial charge on any atom is 0.123 e. The van der Waals surface area contributed by atoms with Gasteiger partial charge >= 0.3 is 0 Å². The highest BCUT2D eigenvalue weighted by Gasteiger charge is 1.99. The first kappa shape index (κ1) is 17.6. The summed E-state index contributed by atoms with van der Waals surface area (Å²) in [7, 11) is 3.31. The Balaban J connectivity index is 1.64. The molecule has 1 N–H and O–H groups in total. The second-order valence-electron chi connectivity index (χ2n) is 5.94. The Bertz CT molecular complexity index is 833.